The monoisotopic (exact) mass is 171 g/mol. The molecular weight excluding hydrogens is 158 g/mol. The van der Waals surface area contributed by atoms with Crippen molar-refractivity contribution < 1.29 is 0 Å². The standard InChI is InChI=1S/C12H13N/c1-2-4-10-6-12-8-13-7-11(12)5-9(10)3-1/h1-4,7,11-12H,5-6,8H2/t11-,12-/m1/s1. The fraction of sp³-hybridized carbons (Fsp3) is 0.417. The van der Waals surface area contributed by atoms with E-state index in [1.807, 2.05) is 0 Å². The van der Waals surface area contributed by atoms with Crippen LogP contribution in [0.15, 0.2) is 29.3 Å². The third-order valence-corrected chi connectivity index (χ3v) is 3.30. The highest BCUT2D eigenvalue weighted by molar-refractivity contribution is 5.65. The molecule has 1 nitrogen and oxygen atoms in total. The van der Waals surface area contributed by atoms with E-state index < -0.39 is 0 Å². The Bertz CT molecular complexity index is 354. The Morgan fingerprint density at radius 2 is 1.85 bits per heavy atom. The Morgan fingerprint density at radius 3 is 2.69 bits per heavy atom. The van der Waals surface area contributed by atoms with E-state index in [2.05, 4.69) is 35.5 Å². The second-order valence-corrected chi connectivity index (χ2v) is 4.12. The first kappa shape index (κ1) is 7.31. The van der Waals surface area contributed by atoms with Crippen LogP contribution in [0.5, 0.6) is 0 Å². The summed E-state index contributed by atoms with van der Waals surface area (Å²) in [6.07, 6.45) is 4.62. The summed E-state index contributed by atoms with van der Waals surface area (Å²) in [5.74, 6) is 1.53. The molecule has 2 atom stereocenters. The summed E-state index contributed by atoms with van der Waals surface area (Å²) >= 11 is 0. The maximum Gasteiger partial charge on any atom is 0.0423 e. The summed E-state index contributed by atoms with van der Waals surface area (Å²) < 4.78 is 0. The van der Waals surface area contributed by atoms with Gasteiger partial charge in [-0.2, -0.15) is 0 Å². The van der Waals surface area contributed by atoms with Gasteiger partial charge in [-0.1, -0.05) is 24.3 Å². The van der Waals surface area contributed by atoms with Crippen molar-refractivity contribution >= 4 is 6.21 Å². The number of hydrogen-bond donors (Lipinski definition) is 0. The predicted molar refractivity (Wildman–Crippen MR) is 54.2 cm³/mol. The highest BCUT2D eigenvalue weighted by Gasteiger charge is 2.29. The summed E-state index contributed by atoms with van der Waals surface area (Å²) in [7, 11) is 0. The average molecular weight is 171 g/mol. The van der Waals surface area contributed by atoms with Crippen molar-refractivity contribution in [2.45, 2.75) is 12.8 Å². The molecule has 13 heavy (non-hydrogen) atoms. The van der Waals surface area contributed by atoms with E-state index in [-0.39, 0.29) is 0 Å². The van der Waals surface area contributed by atoms with Gasteiger partial charge >= 0.3 is 0 Å². The normalized spacial score (nSPS) is 29.8. The van der Waals surface area contributed by atoms with E-state index in [4.69, 9.17) is 0 Å². The molecule has 0 saturated carbocycles. The third kappa shape index (κ3) is 1.11. The molecule has 0 bridgehead atoms. The molecule has 0 amide bonds. The van der Waals surface area contributed by atoms with E-state index in [1.165, 1.54) is 18.4 Å². The molecule has 1 aromatic carbocycles. The quantitative estimate of drug-likeness (QED) is 0.567. The Hall–Kier alpha value is -1.11. The SMILES string of the molecule is C1=NC[C@H]2Cc3ccccc3C[C@H]12. The van der Waals surface area contributed by atoms with Crippen LogP contribution in [0.1, 0.15) is 11.1 Å². The highest BCUT2D eigenvalue weighted by Crippen LogP contribution is 2.31. The molecule has 0 saturated heterocycles. The van der Waals surface area contributed by atoms with E-state index in [0.717, 1.165) is 18.4 Å². The molecule has 0 spiro atoms. The first-order valence-electron chi connectivity index (χ1n) is 5.00. The Balaban J connectivity index is 2.00. The summed E-state index contributed by atoms with van der Waals surface area (Å²) in [5, 5.41) is 0. The molecule has 1 aliphatic heterocycles. The number of hydrogen-bond acceptors (Lipinski definition) is 1. The molecule has 3 rings (SSSR count). The third-order valence-electron chi connectivity index (χ3n) is 3.30. The Morgan fingerprint density at radius 1 is 1.08 bits per heavy atom. The number of benzene rings is 1. The van der Waals surface area contributed by atoms with Crippen molar-refractivity contribution in [2.75, 3.05) is 6.54 Å². The fourth-order valence-corrected chi connectivity index (χ4v) is 2.52. The topological polar surface area (TPSA) is 12.4 Å². The number of fused-ring (bicyclic) bond motifs is 2. The van der Waals surface area contributed by atoms with Crippen molar-refractivity contribution in [2.24, 2.45) is 16.8 Å². The summed E-state index contributed by atoms with van der Waals surface area (Å²) in [6, 6.07) is 8.82. The lowest BCUT2D eigenvalue weighted by Crippen LogP contribution is -2.24. The summed E-state index contributed by atoms with van der Waals surface area (Å²) in [5.41, 5.74) is 3.09. The van der Waals surface area contributed by atoms with Crippen molar-refractivity contribution in [1.29, 1.82) is 0 Å². The number of rotatable bonds is 0. The smallest absolute Gasteiger partial charge is 0.0423 e. The minimum absolute atomic E-state index is 0.731. The molecule has 0 N–H and O–H groups in total. The van der Waals surface area contributed by atoms with Gasteiger partial charge in [0.15, 0.2) is 0 Å². The first-order chi connectivity index (χ1) is 6.43. The second-order valence-electron chi connectivity index (χ2n) is 4.12. The van der Waals surface area contributed by atoms with Crippen LogP contribution in [-0.4, -0.2) is 12.8 Å². The zero-order chi connectivity index (χ0) is 8.67. The molecule has 1 heteroatoms. The lowest BCUT2D eigenvalue weighted by Gasteiger charge is -2.25. The number of nitrogens with zero attached hydrogens (tertiary/aromatic N) is 1. The van der Waals surface area contributed by atoms with Crippen molar-refractivity contribution in [3.63, 3.8) is 0 Å². The molecule has 0 aromatic heterocycles. The zero-order valence-corrected chi connectivity index (χ0v) is 7.61. The lowest BCUT2D eigenvalue weighted by molar-refractivity contribution is 0.430. The van der Waals surface area contributed by atoms with Crippen LogP contribution in [-0.2, 0) is 12.8 Å². The van der Waals surface area contributed by atoms with Crippen LogP contribution in [0.4, 0.5) is 0 Å². The lowest BCUT2D eigenvalue weighted by atomic mass is 9.78. The molecule has 0 fully saturated rings. The van der Waals surface area contributed by atoms with E-state index >= 15 is 0 Å². The fourth-order valence-electron chi connectivity index (χ4n) is 2.52. The van der Waals surface area contributed by atoms with Crippen LogP contribution < -0.4 is 0 Å². The van der Waals surface area contributed by atoms with Crippen LogP contribution in [0.25, 0.3) is 0 Å². The van der Waals surface area contributed by atoms with Gasteiger partial charge in [0, 0.05) is 18.7 Å². The van der Waals surface area contributed by atoms with Crippen LogP contribution >= 0.6 is 0 Å². The number of aliphatic imine (C=N–C) groups is 1. The van der Waals surface area contributed by atoms with Gasteiger partial charge in [-0.25, -0.2) is 0 Å². The summed E-state index contributed by atoms with van der Waals surface area (Å²) in [4.78, 5) is 4.39. The molecular formula is C12H13N. The maximum atomic E-state index is 4.39. The van der Waals surface area contributed by atoms with Gasteiger partial charge in [0.1, 0.15) is 0 Å². The predicted octanol–water partition coefficient (Wildman–Crippen LogP) is 2.10. The van der Waals surface area contributed by atoms with Crippen molar-refractivity contribution in [3.8, 4) is 0 Å². The van der Waals surface area contributed by atoms with Crippen LogP contribution in [0, 0.1) is 11.8 Å². The van der Waals surface area contributed by atoms with Gasteiger partial charge in [0.2, 0.25) is 0 Å². The molecule has 1 heterocycles. The second kappa shape index (κ2) is 2.69. The zero-order valence-electron chi connectivity index (χ0n) is 7.61. The van der Waals surface area contributed by atoms with Crippen molar-refractivity contribution in [1.82, 2.24) is 0 Å². The van der Waals surface area contributed by atoms with E-state index in [0.29, 0.717) is 0 Å². The Labute approximate surface area is 78.5 Å². The molecule has 1 aromatic rings. The van der Waals surface area contributed by atoms with Gasteiger partial charge in [0.05, 0.1) is 0 Å². The van der Waals surface area contributed by atoms with Crippen LogP contribution in [0.2, 0.25) is 0 Å². The van der Waals surface area contributed by atoms with E-state index in [9.17, 15) is 0 Å². The maximum absolute atomic E-state index is 4.39. The average Bonchev–Trinajstić information content (AvgIpc) is 2.61. The highest BCUT2D eigenvalue weighted by atomic mass is 14.8. The van der Waals surface area contributed by atoms with Gasteiger partial charge in [-0.3, -0.25) is 4.99 Å². The van der Waals surface area contributed by atoms with Gasteiger partial charge < -0.3 is 0 Å². The van der Waals surface area contributed by atoms with E-state index in [1.54, 1.807) is 5.56 Å². The minimum Gasteiger partial charge on any atom is -0.297 e. The summed E-state index contributed by atoms with van der Waals surface area (Å²) in [6.45, 7) is 1.05. The van der Waals surface area contributed by atoms with Crippen LogP contribution in [0.3, 0.4) is 0 Å². The van der Waals surface area contributed by atoms with Crippen molar-refractivity contribution in [3.05, 3.63) is 35.4 Å². The molecule has 66 valence electrons. The molecule has 2 aliphatic rings. The molecule has 0 unspecified atom stereocenters. The minimum atomic E-state index is 0.731. The largest absolute Gasteiger partial charge is 0.297 e. The molecule has 0 radical (unpaired) electrons. The van der Waals surface area contributed by atoms with Gasteiger partial charge in [-0.05, 0) is 29.9 Å². The molecule has 1 aliphatic carbocycles. The first-order valence-corrected chi connectivity index (χ1v) is 5.00. The Kier molecular flexibility index (Phi) is 1.51. The van der Waals surface area contributed by atoms with Gasteiger partial charge in [0.25, 0.3) is 0 Å². The van der Waals surface area contributed by atoms with Gasteiger partial charge in [-0.15, -0.1) is 0 Å².